The second-order valence-corrected chi connectivity index (χ2v) is 5.40. The van der Waals surface area contributed by atoms with Crippen LogP contribution in [0.15, 0.2) is 18.3 Å². The predicted octanol–water partition coefficient (Wildman–Crippen LogP) is 2.05. The van der Waals surface area contributed by atoms with E-state index >= 15 is 0 Å². The lowest BCUT2D eigenvalue weighted by atomic mass is 9.88. The number of nitrogens with one attached hydrogen (secondary N) is 1. The molecule has 0 spiro atoms. The summed E-state index contributed by atoms with van der Waals surface area (Å²) in [6, 6.07) is 3.98. The first-order valence-electron chi connectivity index (χ1n) is 5.80. The summed E-state index contributed by atoms with van der Waals surface area (Å²) < 4.78 is 0. The van der Waals surface area contributed by atoms with E-state index in [2.05, 4.69) is 31.1 Å². The van der Waals surface area contributed by atoms with Crippen molar-refractivity contribution in [3.63, 3.8) is 0 Å². The standard InChI is InChI=1S/C13H21N3O/c1-9(7-11(14)17)16-12-6-5-10(8-15-12)13(2,3)4/h5-6,8-9H,7H2,1-4H3,(H2,14,17)(H,15,16). The molecule has 17 heavy (non-hydrogen) atoms. The highest BCUT2D eigenvalue weighted by Gasteiger charge is 2.14. The lowest BCUT2D eigenvalue weighted by Crippen LogP contribution is -2.24. The fourth-order valence-electron chi connectivity index (χ4n) is 1.53. The second kappa shape index (κ2) is 5.17. The van der Waals surface area contributed by atoms with E-state index in [1.807, 2.05) is 25.3 Å². The zero-order valence-electron chi connectivity index (χ0n) is 10.9. The molecule has 0 aliphatic rings. The number of carbonyl (C=O) groups is 1. The molecule has 1 amide bonds. The highest BCUT2D eigenvalue weighted by Crippen LogP contribution is 2.22. The first kappa shape index (κ1) is 13.5. The van der Waals surface area contributed by atoms with E-state index in [0.29, 0.717) is 6.42 Å². The van der Waals surface area contributed by atoms with Gasteiger partial charge in [0, 0.05) is 18.7 Å². The summed E-state index contributed by atoms with van der Waals surface area (Å²) in [5.41, 5.74) is 6.42. The van der Waals surface area contributed by atoms with Crippen molar-refractivity contribution in [1.82, 2.24) is 4.98 Å². The zero-order chi connectivity index (χ0) is 13.1. The van der Waals surface area contributed by atoms with Crippen molar-refractivity contribution in [2.24, 2.45) is 5.73 Å². The largest absolute Gasteiger partial charge is 0.370 e. The highest BCUT2D eigenvalue weighted by atomic mass is 16.1. The Morgan fingerprint density at radius 3 is 2.53 bits per heavy atom. The van der Waals surface area contributed by atoms with Crippen LogP contribution in [-0.4, -0.2) is 16.9 Å². The normalized spacial score (nSPS) is 13.2. The molecule has 0 radical (unpaired) electrons. The number of carbonyl (C=O) groups excluding carboxylic acids is 1. The Morgan fingerprint density at radius 2 is 2.12 bits per heavy atom. The average Bonchev–Trinajstić information content (AvgIpc) is 2.15. The van der Waals surface area contributed by atoms with Crippen LogP contribution in [0, 0.1) is 0 Å². The summed E-state index contributed by atoms with van der Waals surface area (Å²) >= 11 is 0. The fourth-order valence-corrected chi connectivity index (χ4v) is 1.53. The highest BCUT2D eigenvalue weighted by molar-refractivity contribution is 5.74. The molecule has 1 aromatic heterocycles. The number of hydrogen-bond donors (Lipinski definition) is 2. The van der Waals surface area contributed by atoms with Gasteiger partial charge in [0.2, 0.25) is 5.91 Å². The van der Waals surface area contributed by atoms with Gasteiger partial charge in [0.25, 0.3) is 0 Å². The number of amides is 1. The first-order valence-corrected chi connectivity index (χ1v) is 5.80. The number of primary amides is 1. The Balaban J connectivity index is 2.66. The molecule has 4 nitrogen and oxygen atoms in total. The topological polar surface area (TPSA) is 68.0 Å². The number of pyridine rings is 1. The third-order valence-electron chi connectivity index (χ3n) is 2.53. The summed E-state index contributed by atoms with van der Waals surface area (Å²) in [6.45, 7) is 8.34. The van der Waals surface area contributed by atoms with Crippen LogP contribution in [0.2, 0.25) is 0 Å². The molecule has 0 aliphatic carbocycles. The maximum atomic E-state index is 10.7. The summed E-state index contributed by atoms with van der Waals surface area (Å²) in [7, 11) is 0. The minimum Gasteiger partial charge on any atom is -0.370 e. The van der Waals surface area contributed by atoms with Crippen LogP contribution < -0.4 is 11.1 Å². The Labute approximate surface area is 103 Å². The minimum absolute atomic E-state index is 0.000451. The van der Waals surface area contributed by atoms with Crippen LogP contribution in [0.4, 0.5) is 5.82 Å². The van der Waals surface area contributed by atoms with Crippen molar-refractivity contribution >= 4 is 11.7 Å². The number of hydrogen-bond acceptors (Lipinski definition) is 3. The van der Waals surface area contributed by atoms with Crippen LogP contribution >= 0.6 is 0 Å². The average molecular weight is 235 g/mol. The van der Waals surface area contributed by atoms with Crippen molar-refractivity contribution in [3.05, 3.63) is 23.9 Å². The third kappa shape index (κ3) is 4.43. The van der Waals surface area contributed by atoms with E-state index in [4.69, 9.17) is 5.73 Å². The molecular formula is C13H21N3O. The summed E-state index contributed by atoms with van der Waals surface area (Å²) in [5, 5.41) is 3.14. The molecule has 1 atom stereocenters. The van der Waals surface area contributed by atoms with Crippen molar-refractivity contribution in [2.75, 3.05) is 5.32 Å². The lowest BCUT2D eigenvalue weighted by Gasteiger charge is -2.19. The lowest BCUT2D eigenvalue weighted by molar-refractivity contribution is -0.118. The Kier molecular flexibility index (Phi) is 4.10. The quantitative estimate of drug-likeness (QED) is 0.839. The first-order chi connectivity index (χ1) is 7.79. The van der Waals surface area contributed by atoms with E-state index in [1.165, 1.54) is 5.56 Å². The monoisotopic (exact) mass is 235 g/mol. The fraction of sp³-hybridized carbons (Fsp3) is 0.538. The maximum Gasteiger partial charge on any atom is 0.219 e. The van der Waals surface area contributed by atoms with E-state index < -0.39 is 0 Å². The molecule has 1 heterocycles. The van der Waals surface area contributed by atoms with Crippen molar-refractivity contribution in [2.45, 2.75) is 45.6 Å². The van der Waals surface area contributed by atoms with Gasteiger partial charge < -0.3 is 11.1 Å². The van der Waals surface area contributed by atoms with Crippen LogP contribution in [0.5, 0.6) is 0 Å². The van der Waals surface area contributed by atoms with E-state index in [9.17, 15) is 4.79 Å². The number of nitrogens with two attached hydrogens (primary N) is 1. The molecule has 0 saturated carbocycles. The molecule has 3 N–H and O–H groups in total. The summed E-state index contributed by atoms with van der Waals surface area (Å²) in [5.74, 6) is 0.461. The molecule has 4 heteroatoms. The van der Waals surface area contributed by atoms with Gasteiger partial charge in [-0.3, -0.25) is 4.79 Å². The predicted molar refractivity (Wildman–Crippen MR) is 69.8 cm³/mol. The van der Waals surface area contributed by atoms with Gasteiger partial charge in [-0.1, -0.05) is 26.8 Å². The van der Waals surface area contributed by atoms with Gasteiger partial charge in [0.1, 0.15) is 5.82 Å². The number of nitrogens with zero attached hydrogens (tertiary/aromatic N) is 1. The SMILES string of the molecule is CC(CC(N)=O)Nc1ccc(C(C)(C)C)cn1. The van der Waals surface area contributed by atoms with Crippen LogP contribution in [0.25, 0.3) is 0 Å². The Bertz CT molecular complexity index is 379. The third-order valence-corrected chi connectivity index (χ3v) is 2.53. The molecular weight excluding hydrogens is 214 g/mol. The van der Waals surface area contributed by atoms with Gasteiger partial charge in [0.15, 0.2) is 0 Å². The zero-order valence-corrected chi connectivity index (χ0v) is 10.9. The number of rotatable bonds is 4. The summed E-state index contributed by atoms with van der Waals surface area (Å²) in [4.78, 5) is 15.1. The van der Waals surface area contributed by atoms with Crippen LogP contribution in [-0.2, 0) is 10.2 Å². The summed E-state index contributed by atoms with van der Waals surface area (Å²) in [6.07, 6.45) is 2.17. The minimum atomic E-state index is -0.309. The van der Waals surface area contributed by atoms with Crippen LogP contribution in [0.3, 0.4) is 0 Å². The van der Waals surface area contributed by atoms with Gasteiger partial charge in [-0.2, -0.15) is 0 Å². The molecule has 0 fully saturated rings. The van der Waals surface area contributed by atoms with E-state index in [-0.39, 0.29) is 17.4 Å². The molecule has 0 aliphatic heterocycles. The van der Waals surface area contributed by atoms with Crippen molar-refractivity contribution in [1.29, 1.82) is 0 Å². The van der Waals surface area contributed by atoms with Crippen LogP contribution in [0.1, 0.15) is 39.7 Å². The molecule has 1 unspecified atom stereocenters. The van der Waals surface area contributed by atoms with Gasteiger partial charge in [0.05, 0.1) is 0 Å². The second-order valence-electron chi connectivity index (χ2n) is 5.40. The molecule has 0 bridgehead atoms. The number of aromatic nitrogens is 1. The molecule has 0 aromatic carbocycles. The van der Waals surface area contributed by atoms with Gasteiger partial charge >= 0.3 is 0 Å². The van der Waals surface area contributed by atoms with Gasteiger partial charge in [-0.25, -0.2) is 4.98 Å². The molecule has 0 saturated heterocycles. The maximum absolute atomic E-state index is 10.7. The number of anilines is 1. The van der Waals surface area contributed by atoms with Crippen molar-refractivity contribution in [3.8, 4) is 0 Å². The van der Waals surface area contributed by atoms with E-state index in [1.54, 1.807) is 0 Å². The van der Waals surface area contributed by atoms with E-state index in [0.717, 1.165) is 5.82 Å². The van der Waals surface area contributed by atoms with Gasteiger partial charge in [-0.15, -0.1) is 0 Å². The molecule has 1 rings (SSSR count). The van der Waals surface area contributed by atoms with Crippen molar-refractivity contribution < 1.29 is 4.79 Å². The Morgan fingerprint density at radius 1 is 1.47 bits per heavy atom. The smallest absolute Gasteiger partial charge is 0.219 e. The van der Waals surface area contributed by atoms with Gasteiger partial charge in [-0.05, 0) is 24.0 Å². The molecule has 94 valence electrons. The Hall–Kier alpha value is -1.58. The molecule has 1 aromatic rings.